The van der Waals surface area contributed by atoms with Crippen molar-refractivity contribution in [1.82, 2.24) is 9.78 Å². The molecule has 0 amide bonds. The number of hydrogen-bond acceptors (Lipinski definition) is 4. The van der Waals surface area contributed by atoms with E-state index in [0.29, 0.717) is 0 Å². The topological polar surface area (TPSA) is 75.3 Å². The van der Waals surface area contributed by atoms with Crippen LogP contribution in [0.4, 0.5) is 0 Å². The van der Waals surface area contributed by atoms with Gasteiger partial charge in [0, 0.05) is 12.4 Å². The second-order valence-corrected chi connectivity index (χ2v) is 1.66. The molecule has 1 heterocycles. The van der Waals surface area contributed by atoms with Crippen LogP contribution in [0.1, 0.15) is 4.79 Å². The minimum atomic E-state index is -1.99. The van der Waals surface area contributed by atoms with Gasteiger partial charge in [-0.1, -0.05) is 0 Å². The highest BCUT2D eigenvalue weighted by Crippen LogP contribution is 1.87. The summed E-state index contributed by atoms with van der Waals surface area (Å²) in [4.78, 5) is 10.6. The molecule has 1 aromatic rings. The summed E-state index contributed by atoms with van der Waals surface area (Å²) in [7, 11) is 0. The molecule has 0 aliphatic rings. The molecule has 1 aromatic heterocycles. The van der Waals surface area contributed by atoms with Crippen LogP contribution in [-0.2, 0) is 0 Å². The summed E-state index contributed by atoms with van der Waals surface area (Å²) in [5.74, 6) is -0.856. The maximum Gasteiger partial charge on any atom is 0.303 e. The van der Waals surface area contributed by atoms with Gasteiger partial charge >= 0.3 is 5.91 Å². The van der Waals surface area contributed by atoms with E-state index in [2.05, 4.69) is 5.10 Å². The fraction of sp³-hybridized carbons (Fsp3) is 0.200. The minimum Gasteiger partial charge on any atom is -0.361 e. The highest BCUT2D eigenvalue weighted by Gasteiger charge is 2.12. The summed E-state index contributed by atoms with van der Waals surface area (Å²) >= 11 is 0. The lowest BCUT2D eigenvalue weighted by Crippen LogP contribution is -2.26. The summed E-state index contributed by atoms with van der Waals surface area (Å²) in [6, 6.07) is 1.51. The highest BCUT2D eigenvalue weighted by molar-refractivity contribution is 5.80. The molecule has 0 unspecified atom stereocenters. The van der Waals surface area contributed by atoms with Crippen molar-refractivity contribution >= 4 is 5.91 Å². The summed E-state index contributed by atoms with van der Waals surface area (Å²) in [6.45, 7) is 0. The Morgan fingerprint density at radius 1 is 1.60 bits per heavy atom. The first-order valence-corrected chi connectivity index (χ1v) is 2.62. The van der Waals surface area contributed by atoms with Gasteiger partial charge in [-0.2, -0.15) is 5.10 Å². The molecule has 0 spiro atoms. The van der Waals surface area contributed by atoms with E-state index in [-0.39, 0.29) is 0 Å². The van der Waals surface area contributed by atoms with Gasteiger partial charge in [0.05, 0.1) is 0 Å². The van der Waals surface area contributed by atoms with Gasteiger partial charge in [-0.05, 0) is 6.07 Å². The van der Waals surface area contributed by atoms with Gasteiger partial charge in [-0.15, -0.1) is 0 Å². The Bertz CT molecular complexity index is 217. The molecule has 5 nitrogen and oxygen atoms in total. The van der Waals surface area contributed by atoms with Gasteiger partial charge in [0.2, 0.25) is 6.29 Å². The summed E-state index contributed by atoms with van der Waals surface area (Å²) in [5.41, 5.74) is 0. The van der Waals surface area contributed by atoms with Crippen molar-refractivity contribution in [2.75, 3.05) is 0 Å². The molecule has 54 valence electrons. The first kappa shape index (κ1) is 6.91. The van der Waals surface area contributed by atoms with Crippen molar-refractivity contribution in [3.8, 4) is 0 Å². The van der Waals surface area contributed by atoms with E-state index >= 15 is 0 Å². The van der Waals surface area contributed by atoms with Crippen LogP contribution in [0.2, 0.25) is 0 Å². The van der Waals surface area contributed by atoms with Gasteiger partial charge in [-0.25, -0.2) is 4.68 Å². The average molecular weight is 142 g/mol. The molecule has 0 aromatic carbocycles. The van der Waals surface area contributed by atoms with Crippen molar-refractivity contribution < 1.29 is 15.0 Å². The molecule has 5 heteroatoms. The monoisotopic (exact) mass is 142 g/mol. The maximum absolute atomic E-state index is 10.6. The predicted octanol–water partition coefficient (Wildman–Crippen LogP) is -1.17. The van der Waals surface area contributed by atoms with Crippen molar-refractivity contribution in [1.29, 1.82) is 0 Å². The van der Waals surface area contributed by atoms with Crippen LogP contribution in [0.5, 0.6) is 0 Å². The number of aliphatic hydroxyl groups is 2. The molecule has 0 atom stereocenters. The SMILES string of the molecule is O=C(C(O)O)n1cccn1. The molecule has 0 saturated heterocycles. The van der Waals surface area contributed by atoms with Crippen LogP contribution in [-0.4, -0.2) is 32.2 Å². The zero-order valence-corrected chi connectivity index (χ0v) is 5.01. The van der Waals surface area contributed by atoms with Crippen molar-refractivity contribution in [3.63, 3.8) is 0 Å². The van der Waals surface area contributed by atoms with E-state index in [1.165, 1.54) is 18.5 Å². The Hall–Kier alpha value is -1.20. The van der Waals surface area contributed by atoms with E-state index < -0.39 is 12.2 Å². The number of nitrogens with zero attached hydrogens (tertiary/aromatic N) is 2. The largest absolute Gasteiger partial charge is 0.361 e. The normalized spacial score (nSPS) is 10.3. The second-order valence-electron chi connectivity index (χ2n) is 1.66. The van der Waals surface area contributed by atoms with Crippen LogP contribution in [0.3, 0.4) is 0 Å². The van der Waals surface area contributed by atoms with Crippen molar-refractivity contribution in [2.45, 2.75) is 6.29 Å². The van der Waals surface area contributed by atoms with Crippen molar-refractivity contribution in [2.24, 2.45) is 0 Å². The van der Waals surface area contributed by atoms with Gasteiger partial charge < -0.3 is 10.2 Å². The quantitative estimate of drug-likeness (QED) is 0.484. The van der Waals surface area contributed by atoms with E-state index in [1.807, 2.05) is 0 Å². The summed E-state index contributed by atoms with van der Waals surface area (Å²) in [5, 5.41) is 20.2. The average Bonchev–Trinajstić information content (AvgIpc) is 2.36. The number of aromatic nitrogens is 2. The van der Waals surface area contributed by atoms with Crippen LogP contribution in [0.25, 0.3) is 0 Å². The Morgan fingerprint density at radius 2 is 2.30 bits per heavy atom. The van der Waals surface area contributed by atoms with Gasteiger partial charge in [0.1, 0.15) is 0 Å². The molecule has 2 N–H and O–H groups in total. The zero-order chi connectivity index (χ0) is 7.56. The van der Waals surface area contributed by atoms with E-state index in [9.17, 15) is 4.79 Å². The molecule has 10 heavy (non-hydrogen) atoms. The number of carbonyl (C=O) groups is 1. The smallest absolute Gasteiger partial charge is 0.303 e. The Balaban J connectivity index is 2.78. The molecular weight excluding hydrogens is 136 g/mol. The third-order valence-corrected chi connectivity index (χ3v) is 0.951. The molecule has 0 fully saturated rings. The van der Waals surface area contributed by atoms with Gasteiger partial charge in [0.15, 0.2) is 0 Å². The lowest BCUT2D eigenvalue weighted by atomic mass is 10.6. The minimum absolute atomic E-state index is 0.852. The molecule has 0 radical (unpaired) electrons. The van der Waals surface area contributed by atoms with Crippen molar-refractivity contribution in [3.05, 3.63) is 18.5 Å². The molecule has 0 aliphatic carbocycles. The van der Waals surface area contributed by atoms with Gasteiger partial charge in [0.25, 0.3) is 0 Å². The van der Waals surface area contributed by atoms with Crippen LogP contribution in [0, 0.1) is 0 Å². The van der Waals surface area contributed by atoms with E-state index in [1.54, 1.807) is 0 Å². The summed E-state index contributed by atoms with van der Waals surface area (Å²) in [6.07, 6.45) is 0.724. The lowest BCUT2D eigenvalue weighted by Gasteiger charge is -1.99. The predicted molar refractivity (Wildman–Crippen MR) is 31.1 cm³/mol. The lowest BCUT2D eigenvalue weighted by molar-refractivity contribution is -0.0274. The molecule has 0 aliphatic heterocycles. The zero-order valence-electron chi connectivity index (χ0n) is 5.01. The van der Waals surface area contributed by atoms with Crippen LogP contribution in [0.15, 0.2) is 18.5 Å². The van der Waals surface area contributed by atoms with E-state index in [4.69, 9.17) is 10.2 Å². The molecule has 0 saturated carbocycles. The van der Waals surface area contributed by atoms with Crippen LogP contribution >= 0.6 is 0 Å². The Labute approximate surface area is 56.5 Å². The Kier molecular flexibility index (Phi) is 1.79. The van der Waals surface area contributed by atoms with Gasteiger partial charge in [-0.3, -0.25) is 4.79 Å². The first-order valence-electron chi connectivity index (χ1n) is 2.62. The highest BCUT2D eigenvalue weighted by atomic mass is 16.5. The molecular formula is C5H6N2O3. The Morgan fingerprint density at radius 3 is 2.70 bits per heavy atom. The third kappa shape index (κ3) is 1.20. The number of carbonyl (C=O) groups excluding carboxylic acids is 1. The number of aliphatic hydroxyl groups excluding tert-OH is 1. The number of hydrogen-bond donors (Lipinski definition) is 2. The van der Waals surface area contributed by atoms with Crippen LogP contribution < -0.4 is 0 Å². The van der Waals surface area contributed by atoms with E-state index in [0.717, 1.165) is 4.68 Å². The standard InChI is InChI=1S/C5H6N2O3/c8-4(5(9)10)7-3-1-2-6-7/h1-3,5,9-10H. The molecule has 0 bridgehead atoms. The fourth-order valence-electron chi connectivity index (χ4n) is 0.517. The fourth-order valence-corrected chi connectivity index (χ4v) is 0.517. The summed E-state index contributed by atoms with van der Waals surface area (Å²) < 4.78 is 0.852. The molecule has 1 rings (SSSR count). The third-order valence-electron chi connectivity index (χ3n) is 0.951. The maximum atomic E-state index is 10.6. The second kappa shape index (κ2) is 2.59. The number of rotatable bonds is 1. The first-order chi connectivity index (χ1) is 4.72.